The van der Waals surface area contributed by atoms with Crippen LogP contribution in [-0.2, 0) is 4.79 Å². The second-order valence-electron chi connectivity index (χ2n) is 7.77. The quantitative estimate of drug-likeness (QED) is 0.495. The Morgan fingerprint density at radius 1 is 0.963 bits per heavy atom. The summed E-state index contributed by atoms with van der Waals surface area (Å²) in [5.74, 6) is 0.611. The smallest absolute Gasteiger partial charge is 0.313 e. The molecule has 1 aliphatic rings. The number of piperidine rings is 1. The molecule has 27 heavy (non-hydrogen) atoms. The Kier molecular flexibility index (Phi) is 7.05. The van der Waals surface area contributed by atoms with Gasteiger partial charge in [0.1, 0.15) is 5.75 Å². The summed E-state index contributed by atoms with van der Waals surface area (Å²) >= 11 is 0. The van der Waals surface area contributed by atoms with Crippen molar-refractivity contribution in [3.8, 4) is 5.75 Å². The Bertz CT molecular complexity index is 720. The summed E-state index contributed by atoms with van der Waals surface area (Å²) in [5.41, 5.74) is 2.39. The van der Waals surface area contributed by atoms with Gasteiger partial charge in [-0.3, -0.25) is 4.79 Å². The van der Waals surface area contributed by atoms with Crippen molar-refractivity contribution in [1.29, 1.82) is 0 Å². The summed E-state index contributed by atoms with van der Waals surface area (Å²) in [4.78, 5) is 14.8. The van der Waals surface area contributed by atoms with Crippen molar-refractivity contribution in [3.63, 3.8) is 0 Å². The van der Waals surface area contributed by atoms with Crippen LogP contribution in [-0.4, -0.2) is 30.5 Å². The Hall–Kier alpha value is -2.13. The van der Waals surface area contributed by atoms with Crippen molar-refractivity contribution in [2.45, 2.75) is 45.4 Å². The van der Waals surface area contributed by atoms with Gasteiger partial charge in [0.05, 0.1) is 5.92 Å². The van der Waals surface area contributed by atoms with E-state index < -0.39 is 0 Å². The monoisotopic (exact) mass is 365 g/mol. The van der Waals surface area contributed by atoms with Crippen LogP contribution in [0.15, 0.2) is 54.6 Å². The zero-order valence-corrected chi connectivity index (χ0v) is 16.6. The molecule has 0 spiro atoms. The lowest BCUT2D eigenvalue weighted by Gasteiger charge is -2.29. The number of rotatable bonds is 7. The highest BCUT2D eigenvalue weighted by molar-refractivity contribution is 5.74. The van der Waals surface area contributed by atoms with Gasteiger partial charge >= 0.3 is 5.97 Å². The summed E-state index contributed by atoms with van der Waals surface area (Å²) < 4.78 is 5.75. The third-order valence-corrected chi connectivity index (χ3v) is 5.36. The van der Waals surface area contributed by atoms with E-state index in [1.165, 1.54) is 37.9 Å². The Labute approximate surface area is 163 Å². The molecule has 1 atom stereocenters. The molecule has 1 unspecified atom stereocenters. The second-order valence-corrected chi connectivity index (χ2v) is 7.77. The topological polar surface area (TPSA) is 29.5 Å². The highest BCUT2D eigenvalue weighted by Crippen LogP contribution is 2.35. The minimum absolute atomic E-state index is 0.137. The first kappa shape index (κ1) is 19.6. The minimum atomic E-state index is -0.176. The van der Waals surface area contributed by atoms with E-state index in [2.05, 4.69) is 41.3 Å². The molecule has 2 aromatic carbocycles. The number of ether oxygens (including phenoxy) is 1. The van der Waals surface area contributed by atoms with E-state index in [0.717, 1.165) is 18.5 Å². The van der Waals surface area contributed by atoms with Crippen LogP contribution in [0.5, 0.6) is 5.75 Å². The molecule has 1 aliphatic heterocycles. The Morgan fingerprint density at radius 3 is 2.33 bits per heavy atom. The van der Waals surface area contributed by atoms with Gasteiger partial charge in [-0.25, -0.2) is 0 Å². The van der Waals surface area contributed by atoms with Crippen molar-refractivity contribution in [1.82, 2.24) is 4.90 Å². The Balaban J connectivity index is 1.85. The van der Waals surface area contributed by atoms with Crippen LogP contribution in [0.2, 0.25) is 0 Å². The zero-order chi connectivity index (χ0) is 19.1. The van der Waals surface area contributed by atoms with Gasteiger partial charge in [-0.1, -0.05) is 68.8 Å². The predicted octanol–water partition coefficient (Wildman–Crippen LogP) is 5.26. The molecule has 0 amide bonds. The van der Waals surface area contributed by atoms with Crippen LogP contribution >= 0.6 is 0 Å². The van der Waals surface area contributed by atoms with Crippen LogP contribution < -0.4 is 4.74 Å². The molecule has 3 rings (SSSR count). The molecular weight excluding hydrogens is 334 g/mol. The van der Waals surface area contributed by atoms with Crippen molar-refractivity contribution < 1.29 is 9.53 Å². The summed E-state index contributed by atoms with van der Waals surface area (Å²) in [6.07, 6.45) is 4.99. The van der Waals surface area contributed by atoms with Gasteiger partial charge in [-0.15, -0.1) is 0 Å². The highest BCUT2D eigenvalue weighted by atomic mass is 16.5. The van der Waals surface area contributed by atoms with E-state index in [1.54, 1.807) is 0 Å². The number of para-hydroxylation sites is 1. The summed E-state index contributed by atoms with van der Waals surface area (Å²) in [6, 6.07) is 18.6. The number of carbonyl (C=O) groups excluding carboxylic acids is 1. The molecule has 0 aliphatic carbocycles. The standard InChI is InChI=1S/C24H31NO2/c1-19(2)24(26)27-23-14-8-7-13-22(23)21(20-11-5-3-6-12-20)15-18-25-16-9-4-10-17-25/h3,5-8,11-14,19,21H,4,9-10,15-18H2,1-2H3. The fourth-order valence-corrected chi connectivity index (χ4v) is 3.77. The zero-order valence-electron chi connectivity index (χ0n) is 16.6. The molecule has 1 heterocycles. The number of hydrogen-bond donors (Lipinski definition) is 0. The predicted molar refractivity (Wildman–Crippen MR) is 110 cm³/mol. The molecule has 0 N–H and O–H groups in total. The molecule has 1 fully saturated rings. The first-order valence-corrected chi connectivity index (χ1v) is 10.2. The molecule has 2 aromatic rings. The lowest BCUT2D eigenvalue weighted by atomic mass is 9.87. The van der Waals surface area contributed by atoms with Gasteiger partial charge in [0.2, 0.25) is 0 Å². The van der Waals surface area contributed by atoms with Crippen molar-refractivity contribution in [2.75, 3.05) is 19.6 Å². The van der Waals surface area contributed by atoms with Gasteiger partial charge in [0.25, 0.3) is 0 Å². The average molecular weight is 366 g/mol. The van der Waals surface area contributed by atoms with Gasteiger partial charge in [0.15, 0.2) is 0 Å². The molecule has 1 saturated heterocycles. The van der Waals surface area contributed by atoms with Crippen molar-refractivity contribution in [3.05, 3.63) is 65.7 Å². The van der Waals surface area contributed by atoms with Gasteiger partial charge in [-0.2, -0.15) is 0 Å². The van der Waals surface area contributed by atoms with Gasteiger partial charge in [-0.05, 0) is 50.5 Å². The summed E-state index contributed by atoms with van der Waals surface area (Å²) in [7, 11) is 0. The minimum Gasteiger partial charge on any atom is -0.426 e. The second kappa shape index (κ2) is 9.70. The maximum absolute atomic E-state index is 12.2. The largest absolute Gasteiger partial charge is 0.426 e. The van der Waals surface area contributed by atoms with Crippen LogP contribution in [0, 0.1) is 5.92 Å². The highest BCUT2D eigenvalue weighted by Gasteiger charge is 2.22. The van der Waals surface area contributed by atoms with E-state index in [0.29, 0.717) is 5.75 Å². The summed E-state index contributed by atoms with van der Waals surface area (Å²) in [6.45, 7) is 7.22. The van der Waals surface area contributed by atoms with Crippen LogP contribution in [0.1, 0.15) is 56.6 Å². The summed E-state index contributed by atoms with van der Waals surface area (Å²) in [5, 5.41) is 0. The normalized spacial score (nSPS) is 16.3. The molecule has 3 heteroatoms. The number of likely N-dealkylation sites (tertiary alicyclic amines) is 1. The molecule has 144 valence electrons. The average Bonchev–Trinajstić information content (AvgIpc) is 2.71. The molecular formula is C24H31NO2. The SMILES string of the molecule is CC(C)C(=O)Oc1ccccc1C(CCN1CCCCC1)c1ccccc1. The van der Waals surface area contributed by atoms with Crippen molar-refractivity contribution >= 4 is 5.97 Å². The Morgan fingerprint density at radius 2 is 1.63 bits per heavy atom. The first-order valence-electron chi connectivity index (χ1n) is 10.2. The maximum Gasteiger partial charge on any atom is 0.313 e. The fourth-order valence-electron chi connectivity index (χ4n) is 3.77. The number of benzene rings is 2. The number of esters is 1. The third kappa shape index (κ3) is 5.43. The van der Waals surface area contributed by atoms with Gasteiger partial charge in [0, 0.05) is 11.5 Å². The van der Waals surface area contributed by atoms with Crippen LogP contribution in [0.25, 0.3) is 0 Å². The molecule has 0 aromatic heterocycles. The molecule has 3 nitrogen and oxygen atoms in total. The number of carbonyl (C=O) groups is 1. The van der Waals surface area contributed by atoms with E-state index in [-0.39, 0.29) is 17.8 Å². The van der Waals surface area contributed by atoms with E-state index in [9.17, 15) is 4.79 Å². The number of hydrogen-bond acceptors (Lipinski definition) is 3. The van der Waals surface area contributed by atoms with Crippen LogP contribution in [0.3, 0.4) is 0 Å². The van der Waals surface area contributed by atoms with E-state index in [1.807, 2.05) is 32.0 Å². The molecule has 0 saturated carbocycles. The maximum atomic E-state index is 12.2. The lowest BCUT2D eigenvalue weighted by molar-refractivity contribution is -0.137. The van der Waals surface area contributed by atoms with Gasteiger partial charge < -0.3 is 9.64 Å². The fraction of sp³-hybridized carbons (Fsp3) is 0.458. The van der Waals surface area contributed by atoms with Crippen LogP contribution in [0.4, 0.5) is 0 Å². The lowest BCUT2D eigenvalue weighted by Crippen LogP contribution is -2.31. The molecule has 0 bridgehead atoms. The van der Waals surface area contributed by atoms with Crippen molar-refractivity contribution in [2.24, 2.45) is 5.92 Å². The third-order valence-electron chi connectivity index (χ3n) is 5.36. The number of nitrogens with zero attached hydrogens (tertiary/aromatic N) is 1. The first-order chi connectivity index (χ1) is 13.1. The van der Waals surface area contributed by atoms with E-state index in [4.69, 9.17) is 4.74 Å². The van der Waals surface area contributed by atoms with E-state index >= 15 is 0 Å². The molecule has 0 radical (unpaired) electrons.